The van der Waals surface area contributed by atoms with E-state index in [0.717, 1.165) is 12.0 Å². The molecule has 124 valence electrons. The van der Waals surface area contributed by atoms with Gasteiger partial charge in [0.15, 0.2) is 0 Å². The fourth-order valence-electron chi connectivity index (χ4n) is 2.59. The molecule has 0 saturated carbocycles. The Morgan fingerprint density at radius 3 is 2.92 bits per heavy atom. The third-order valence-electron chi connectivity index (χ3n) is 3.68. The van der Waals surface area contributed by atoms with E-state index in [4.69, 9.17) is 0 Å². The Labute approximate surface area is 137 Å². The van der Waals surface area contributed by atoms with Crippen molar-refractivity contribution in [3.05, 3.63) is 35.5 Å². The number of carbonyl (C=O) groups excluding carboxylic acids is 1. The van der Waals surface area contributed by atoms with E-state index in [0.29, 0.717) is 17.6 Å². The molecule has 8 heteroatoms. The fraction of sp³-hybridized carbons (Fsp3) is 0.250. The third kappa shape index (κ3) is 3.12. The second-order valence-corrected chi connectivity index (χ2v) is 5.36. The number of allylic oxidation sites excluding steroid dienone is 1. The second-order valence-electron chi connectivity index (χ2n) is 5.36. The minimum atomic E-state index is -1.07. The van der Waals surface area contributed by atoms with Crippen LogP contribution < -0.4 is 10.6 Å². The molecule has 2 heterocycles. The summed E-state index contributed by atoms with van der Waals surface area (Å²) in [5.41, 5.74) is 1.79. The van der Waals surface area contributed by atoms with Crippen LogP contribution in [0.15, 0.2) is 29.4 Å². The van der Waals surface area contributed by atoms with E-state index in [1.165, 1.54) is 0 Å². The van der Waals surface area contributed by atoms with Crippen molar-refractivity contribution in [2.75, 3.05) is 11.9 Å². The highest BCUT2D eigenvalue weighted by Crippen LogP contribution is 2.28. The number of carbonyl (C=O) groups is 2. The lowest BCUT2D eigenvalue weighted by molar-refractivity contribution is 0.0698. The number of nitrogens with zero attached hydrogens (tertiary/aromatic N) is 2. The number of fused-ring (bicyclic) bond motifs is 1. The molecule has 1 aromatic heterocycles. The lowest BCUT2D eigenvalue weighted by Crippen LogP contribution is -2.28. The monoisotopic (exact) mass is 327 g/mol. The third-order valence-corrected chi connectivity index (χ3v) is 3.68. The van der Waals surface area contributed by atoms with Crippen LogP contribution in [-0.2, 0) is 0 Å². The Morgan fingerprint density at radius 1 is 1.42 bits per heavy atom. The summed E-state index contributed by atoms with van der Waals surface area (Å²) in [5, 5.41) is 14.6. The molecule has 8 nitrogen and oxygen atoms in total. The van der Waals surface area contributed by atoms with Crippen LogP contribution in [0, 0.1) is 0 Å². The molecule has 2 aromatic rings. The van der Waals surface area contributed by atoms with Crippen molar-refractivity contribution in [1.82, 2.24) is 15.3 Å². The molecule has 0 bridgehead atoms. The number of hydrogen-bond acceptors (Lipinski definition) is 4. The SMILES string of the molecule is CCNC(=O)Nc1nc2c(C(=O)O)cc(C3C=NC=CC3)cc2[nH]1. The second kappa shape index (κ2) is 6.53. The number of anilines is 1. The summed E-state index contributed by atoms with van der Waals surface area (Å²) in [6.45, 7) is 2.28. The van der Waals surface area contributed by atoms with Gasteiger partial charge in [0.05, 0.1) is 11.1 Å². The van der Waals surface area contributed by atoms with Gasteiger partial charge in [-0.15, -0.1) is 0 Å². The van der Waals surface area contributed by atoms with Crippen LogP contribution in [0.2, 0.25) is 0 Å². The van der Waals surface area contributed by atoms with Gasteiger partial charge < -0.3 is 15.4 Å². The summed E-state index contributed by atoms with van der Waals surface area (Å²) in [4.78, 5) is 34.4. The van der Waals surface area contributed by atoms with Gasteiger partial charge in [-0.3, -0.25) is 10.3 Å². The first-order chi connectivity index (χ1) is 11.6. The highest BCUT2D eigenvalue weighted by atomic mass is 16.4. The number of nitrogens with one attached hydrogen (secondary N) is 3. The quantitative estimate of drug-likeness (QED) is 0.689. The van der Waals surface area contributed by atoms with Gasteiger partial charge in [-0.2, -0.15) is 0 Å². The predicted octanol–water partition coefficient (Wildman–Crippen LogP) is 2.47. The van der Waals surface area contributed by atoms with Gasteiger partial charge in [0.25, 0.3) is 0 Å². The fourth-order valence-corrected chi connectivity index (χ4v) is 2.59. The van der Waals surface area contributed by atoms with Gasteiger partial charge in [-0.1, -0.05) is 6.08 Å². The molecule has 0 spiro atoms. The van der Waals surface area contributed by atoms with Gasteiger partial charge >= 0.3 is 12.0 Å². The molecule has 3 rings (SSSR count). The number of carboxylic acids is 1. The highest BCUT2D eigenvalue weighted by molar-refractivity contribution is 6.03. The molecule has 0 saturated heterocycles. The Morgan fingerprint density at radius 2 is 2.25 bits per heavy atom. The van der Waals surface area contributed by atoms with E-state index in [2.05, 4.69) is 25.6 Å². The Kier molecular flexibility index (Phi) is 4.28. The Hall–Kier alpha value is -3.16. The highest BCUT2D eigenvalue weighted by Gasteiger charge is 2.19. The van der Waals surface area contributed by atoms with Crippen LogP contribution in [0.1, 0.15) is 35.2 Å². The zero-order valence-electron chi connectivity index (χ0n) is 13.0. The van der Waals surface area contributed by atoms with Crippen LogP contribution in [0.4, 0.5) is 10.7 Å². The molecule has 0 aliphatic carbocycles. The number of H-pyrrole nitrogens is 1. The van der Waals surface area contributed by atoms with Crippen LogP contribution in [0.3, 0.4) is 0 Å². The number of aromatic carboxylic acids is 1. The first-order valence-electron chi connectivity index (χ1n) is 7.58. The van der Waals surface area contributed by atoms with Crippen molar-refractivity contribution in [1.29, 1.82) is 0 Å². The van der Waals surface area contributed by atoms with Gasteiger partial charge in [0, 0.05) is 24.9 Å². The van der Waals surface area contributed by atoms with E-state index in [1.54, 1.807) is 25.4 Å². The molecule has 1 aliphatic rings. The molecule has 0 fully saturated rings. The van der Waals surface area contributed by atoms with Gasteiger partial charge in [0.1, 0.15) is 5.52 Å². The summed E-state index contributed by atoms with van der Waals surface area (Å²) < 4.78 is 0. The average molecular weight is 327 g/mol. The van der Waals surface area contributed by atoms with Crippen molar-refractivity contribution in [3.8, 4) is 0 Å². The number of aromatic nitrogens is 2. The number of aromatic amines is 1. The lowest BCUT2D eigenvalue weighted by atomic mass is 9.93. The van der Waals surface area contributed by atoms with Crippen LogP contribution in [0.25, 0.3) is 11.0 Å². The Balaban J connectivity index is 2.01. The average Bonchev–Trinajstić information content (AvgIpc) is 2.96. The minimum absolute atomic E-state index is 0.0144. The van der Waals surface area contributed by atoms with Crippen molar-refractivity contribution >= 4 is 35.2 Å². The predicted molar refractivity (Wildman–Crippen MR) is 90.7 cm³/mol. The number of amides is 2. The lowest BCUT2D eigenvalue weighted by Gasteiger charge is -2.13. The summed E-state index contributed by atoms with van der Waals surface area (Å²) in [6, 6.07) is 3.04. The van der Waals surface area contributed by atoms with E-state index in [9.17, 15) is 14.7 Å². The summed E-state index contributed by atoms with van der Waals surface area (Å²) >= 11 is 0. The Bertz CT molecular complexity index is 853. The number of rotatable bonds is 4. The van der Waals surface area contributed by atoms with Gasteiger partial charge in [0.2, 0.25) is 5.95 Å². The van der Waals surface area contributed by atoms with E-state index in [1.807, 2.05) is 12.1 Å². The van der Waals surface area contributed by atoms with Crippen molar-refractivity contribution in [2.24, 2.45) is 4.99 Å². The molecule has 1 aromatic carbocycles. The number of hydrogen-bond donors (Lipinski definition) is 4. The van der Waals surface area contributed by atoms with Crippen molar-refractivity contribution in [2.45, 2.75) is 19.3 Å². The molecule has 4 N–H and O–H groups in total. The largest absolute Gasteiger partial charge is 0.478 e. The normalized spacial score (nSPS) is 16.3. The molecule has 1 atom stereocenters. The summed E-state index contributed by atoms with van der Waals surface area (Å²) in [7, 11) is 0. The topological polar surface area (TPSA) is 119 Å². The number of aliphatic imine (C=N–C) groups is 1. The van der Waals surface area contributed by atoms with Crippen molar-refractivity contribution in [3.63, 3.8) is 0 Å². The smallest absolute Gasteiger partial charge is 0.337 e. The van der Waals surface area contributed by atoms with Crippen molar-refractivity contribution < 1.29 is 14.7 Å². The number of urea groups is 1. The van der Waals surface area contributed by atoms with Gasteiger partial charge in [-0.25, -0.2) is 14.6 Å². The first kappa shape index (κ1) is 15.7. The molecule has 1 aliphatic heterocycles. The molecular weight excluding hydrogens is 310 g/mol. The number of imidazole rings is 1. The summed E-state index contributed by atoms with van der Waals surface area (Å²) in [6.07, 6.45) is 6.20. The maximum atomic E-state index is 11.6. The maximum Gasteiger partial charge on any atom is 0.337 e. The molecule has 24 heavy (non-hydrogen) atoms. The summed E-state index contributed by atoms with van der Waals surface area (Å²) in [5.74, 6) is -0.852. The molecular formula is C16H17N5O3. The zero-order valence-corrected chi connectivity index (χ0v) is 13.0. The molecule has 0 radical (unpaired) electrons. The van der Waals surface area contributed by atoms with E-state index >= 15 is 0 Å². The van der Waals surface area contributed by atoms with Crippen LogP contribution in [-0.4, -0.2) is 39.8 Å². The molecule has 2 amide bonds. The number of carboxylic acid groups (broad SMARTS) is 1. The minimum Gasteiger partial charge on any atom is -0.478 e. The zero-order chi connectivity index (χ0) is 17.1. The standard InChI is InChI=1S/C16H17N5O3/c1-2-18-16(24)21-15-19-12-7-10(9-4-3-5-17-8-9)6-11(14(22)23)13(12)20-15/h3,5-9H,2,4H2,1H3,(H,22,23)(H3,18,19,20,21,24). The molecule has 1 unspecified atom stereocenters. The van der Waals surface area contributed by atoms with E-state index in [-0.39, 0.29) is 17.4 Å². The van der Waals surface area contributed by atoms with Gasteiger partial charge in [-0.05, 0) is 31.0 Å². The van der Waals surface area contributed by atoms with Crippen LogP contribution in [0.5, 0.6) is 0 Å². The first-order valence-corrected chi connectivity index (χ1v) is 7.58. The maximum absolute atomic E-state index is 11.6. The van der Waals surface area contributed by atoms with Crippen LogP contribution >= 0.6 is 0 Å². The number of benzene rings is 1. The van der Waals surface area contributed by atoms with E-state index < -0.39 is 12.0 Å².